The molecule has 1 saturated carbocycles. The smallest absolute Gasteiger partial charge is 0.0693 e. The number of aliphatic hydroxyl groups excluding tert-OH is 1. The van der Waals surface area contributed by atoms with Crippen LogP contribution in [0.1, 0.15) is 52.9 Å². The number of rotatable bonds is 4. The Morgan fingerprint density at radius 1 is 1.29 bits per heavy atom. The molecule has 2 heteroatoms. The van der Waals surface area contributed by atoms with Gasteiger partial charge in [0.15, 0.2) is 0 Å². The summed E-state index contributed by atoms with van der Waals surface area (Å²) in [5, 5.41) is 13.4. The highest BCUT2D eigenvalue weighted by atomic mass is 16.3. The third kappa shape index (κ3) is 3.25. The lowest BCUT2D eigenvalue weighted by Crippen LogP contribution is -2.47. The van der Waals surface area contributed by atoms with Crippen LogP contribution < -0.4 is 5.32 Å². The van der Waals surface area contributed by atoms with Gasteiger partial charge in [0.05, 0.1) is 6.10 Å². The number of nitrogens with one attached hydrogen (secondary N) is 1. The van der Waals surface area contributed by atoms with E-state index in [0.29, 0.717) is 18.0 Å². The first kappa shape index (κ1) is 12.0. The van der Waals surface area contributed by atoms with Gasteiger partial charge in [0.1, 0.15) is 0 Å². The molecule has 0 aromatic heterocycles. The van der Waals surface area contributed by atoms with Gasteiger partial charge in [0, 0.05) is 12.1 Å². The lowest BCUT2D eigenvalue weighted by Gasteiger charge is -2.33. The number of hydrogen-bond acceptors (Lipinski definition) is 2. The first-order valence-corrected chi connectivity index (χ1v) is 6.09. The first-order valence-electron chi connectivity index (χ1n) is 6.09. The maximum Gasteiger partial charge on any atom is 0.0693 e. The highest BCUT2D eigenvalue weighted by molar-refractivity contribution is 4.83. The summed E-state index contributed by atoms with van der Waals surface area (Å²) in [6, 6.07) is 0.866. The van der Waals surface area contributed by atoms with Crippen molar-refractivity contribution in [2.75, 3.05) is 0 Å². The van der Waals surface area contributed by atoms with Crippen LogP contribution in [-0.4, -0.2) is 23.3 Å². The van der Waals surface area contributed by atoms with Crippen LogP contribution >= 0.6 is 0 Å². The maximum atomic E-state index is 9.81. The van der Waals surface area contributed by atoms with Crippen LogP contribution in [0.15, 0.2) is 0 Å². The van der Waals surface area contributed by atoms with E-state index in [9.17, 15) is 5.11 Å². The quantitative estimate of drug-likeness (QED) is 0.728. The second-order valence-electron chi connectivity index (χ2n) is 4.80. The van der Waals surface area contributed by atoms with Gasteiger partial charge in [-0.3, -0.25) is 0 Å². The summed E-state index contributed by atoms with van der Waals surface area (Å²) in [6.07, 6.45) is 5.67. The molecule has 84 valence electrons. The van der Waals surface area contributed by atoms with Crippen molar-refractivity contribution in [2.24, 2.45) is 5.92 Å². The molecular formula is C12H25NO. The van der Waals surface area contributed by atoms with Gasteiger partial charge >= 0.3 is 0 Å². The lowest BCUT2D eigenvalue weighted by atomic mass is 9.90. The Balaban J connectivity index is 2.34. The minimum absolute atomic E-state index is 0.116. The summed E-state index contributed by atoms with van der Waals surface area (Å²) in [4.78, 5) is 0. The third-order valence-corrected chi connectivity index (χ3v) is 3.70. The largest absolute Gasteiger partial charge is 0.392 e. The summed E-state index contributed by atoms with van der Waals surface area (Å²) in [6.45, 7) is 6.72. The Kier molecular flexibility index (Phi) is 4.90. The summed E-state index contributed by atoms with van der Waals surface area (Å²) in [5.41, 5.74) is 0. The molecule has 2 nitrogen and oxygen atoms in total. The first-order chi connectivity index (χ1) is 6.65. The molecule has 0 amide bonds. The van der Waals surface area contributed by atoms with Gasteiger partial charge in [0.2, 0.25) is 0 Å². The molecule has 0 spiro atoms. The zero-order chi connectivity index (χ0) is 10.6. The standard InChI is InChI=1S/C12H25NO/c1-4-9(2)10(3)13-11-7-5-6-8-12(11)14/h9-14H,4-8H2,1-3H3/t9?,10?,11-,12-/m0/s1. The fourth-order valence-corrected chi connectivity index (χ4v) is 2.16. The van der Waals surface area contributed by atoms with Gasteiger partial charge in [-0.25, -0.2) is 0 Å². The molecule has 14 heavy (non-hydrogen) atoms. The van der Waals surface area contributed by atoms with Crippen molar-refractivity contribution >= 4 is 0 Å². The lowest BCUT2D eigenvalue weighted by molar-refractivity contribution is 0.0817. The van der Waals surface area contributed by atoms with E-state index in [-0.39, 0.29) is 6.10 Å². The van der Waals surface area contributed by atoms with E-state index in [0.717, 1.165) is 12.8 Å². The predicted molar refractivity (Wildman–Crippen MR) is 60.3 cm³/mol. The summed E-state index contributed by atoms with van der Waals surface area (Å²) in [5.74, 6) is 0.698. The van der Waals surface area contributed by atoms with Gasteiger partial charge in [-0.1, -0.05) is 33.1 Å². The van der Waals surface area contributed by atoms with Crippen molar-refractivity contribution in [3.8, 4) is 0 Å². The molecule has 1 aliphatic carbocycles. The second kappa shape index (κ2) is 5.72. The van der Waals surface area contributed by atoms with Crippen LogP contribution in [0.5, 0.6) is 0 Å². The van der Waals surface area contributed by atoms with E-state index in [1.807, 2.05) is 0 Å². The Hall–Kier alpha value is -0.0800. The van der Waals surface area contributed by atoms with Gasteiger partial charge in [-0.05, 0) is 25.7 Å². The second-order valence-corrected chi connectivity index (χ2v) is 4.80. The molecule has 0 bridgehead atoms. The van der Waals surface area contributed by atoms with Crippen LogP contribution in [0.3, 0.4) is 0 Å². The molecular weight excluding hydrogens is 174 g/mol. The SMILES string of the molecule is CCC(C)C(C)N[C@H]1CCCC[C@@H]1O. The van der Waals surface area contributed by atoms with Crippen molar-refractivity contribution in [3.63, 3.8) is 0 Å². The zero-order valence-corrected chi connectivity index (χ0v) is 9.79. The van der Waals surface area contributed by atoms with Crippen LogP contribution in [0.4, 0.5) is 0 Å². The molecule has 1 aliphatic rings. The Morgan fingerprint density at radius 3 is 2.50 bits per heavy atom. The van der Waals surface area contributed by atoms with E-state index in [1.54, 1.807) is 0 Å². The van der Waals surface area contributed by atoms with E-state index < -0.39 is 0 Å². The minimum Gasteiger partial charge on any atom is -0.392 e. The average Bonchev–Trinajstić information content (AvgIpc) is 2.20. The molecule has 1 rings (SSSR count). The molecule has 0 saturated heterocycles. The Labute approximate surface area is 88.1 Å². The average molecular weight is 199 g/mol. The van der Waals surface area contributed by atoms with E-state index in [4.69, 9.17) is 0 Å². The summed E-state index contributed by atoms with van der Waals surface area (Å²) in [7, 11) is 0. The van der Waals surface area contributed by atoms with Crippen molar-refractivity contribution in [1.82, 2.24) is 5.32 Å². The number of aliphatic hydroxyl groups is 1. The minimum atomic E-state index is -0.116. The highest BCUT2D eigenvalue weighted by Crippen LogP contribution is 2.20. The molecule has 4 atom stereocenters. The normalized spacial score (nSPS) is 32.6. The monoisotopic (exact) mass is 199 g/mol. The van der Waals surface area contributed by atoms with E-state index in [2.05, 4.69) is 26.1 Å². The number of hydrogen-bond donors (Lipinski definition) is 2. The van der Waals surface area contributed by atoms with Crippen LogP contribution in [0, 0.1) is 5.92 Å². The maximum absolute atomic E-state index is 9.81. The van der Waals surface area contributed by atoms with Crippen molar-refractivity contribution in [3.05, 3.63) is 0 Å². The fourth-order valence-electron chi connectivity index (χ4n) is 2.16. The molecule has 0 aliphatic heterocycles. The Bertz CT molecular complexity index is 160. The molecule has 0 aromatic rings. The molecule has 2 N–H and O–H groups in total. The molecule has 2 unspecified atom stereocenters. The molecule has 0 aromatic carbocycles. The van der Waals surface area contributed by atoms with Crippen molar-refractivity contribution in [1.29, 1.82) is 0 Å². The molecule has 1 fully saturated rings. The van der Waals surface area contributed by atoms with Crippen molar-refractivity contribution in [2.45, 2.75) is 71.1 Å². The predicted octanol–water partition coefficient (Wildman–Crippen LogP) is 2.31. The topological polar surface area (TPSA) is 32.3 Å². The third-order valence-electron chi connectivity index (χ3n) is 3.70. The van der Waals surface area contributed by atoms with Crippen LogP contribution in [0.2, 0.25) is 0 Å². The zero-order valence-electron chi connectivity index (χ0n) is 9.79. The van der Waals surface area contributed by atoms with E-state index >= 15 is 0 Å². The molecule has 0 heterocycles. The summed E-state index contributed by atoms with van der Waals surface area (Å²) >= 11 is 0. The van der Waals surface area contributed by atoms with Gasteiger partial charge < -0.3 is 10.4 Å². The Morgan fingerprint density at radius 2 is 1.93 bits per heavy atom. The van der Waals surface area contributed by atoms with Crippen LogP contribution in [0.25, 0.3) is 0 Å². The highest BCUT2D eigenvalue weighted by Gasteiger charge is 2.25. The van der Waals surface area contributed by atoms with Crippen LogP contribution in [-0.2, 0) is 0 Å². The summed E-state index contributed by atoms with van der Waals surface area (Å²) < 4.78 is 0. The van der Waals surface area contributed by atoms with Gasteiger partial charge in [0.25, 0.3) is 0 Å². The van der Waals surface area contributed by atoms with Crippen molar-refractivity contribution < 1.29 is 5.11 Å². The van der Waals surface area contributed by atoms with Gasteiger partial charge in [-0.15, -0.1) is 0 Å². The molecule has 0 radical (unpaired) electrons. The fraction of sp³-hybridized carbons (Fsp3) is 1.00. The van der Waals surface area contributed by atoms with E-state index in [1.165, 1.54) is 19.3 Å². The van der Waals surface area contributed by atoms with Gasteiger partial charge in [-0.2, -0.15) is 0 Å².